The number of ether oxygens (including phenoxy) is 3. The molecule has 3 amide bonds. The zero-order valence-corrected chi connectivity index (χ0v) is 64.2. The van der Waals surface area contributed by atoms with Crippen molar-refractivity contribution in [3.8, 4) is 0 Å². The summed E-state index contributed by atoms with van der Waals surface area (Å²) < 4.78 is 170. The van der Waals surface area contributed by atoms with Crippen molar-refractivity contribution >= 4 is 45.8 Å². The molecule has 4 aliphatic heterocycles. The lowest BCUT2D eigenvalue weighted by atomic mass is 9.82. The number of alkyl halides is 13. The van der Waals surface area contributed by atoms with Crippen LogP contribution in [0.3, 0.4) is 0 Å². The van der Waals surface area contributed by atoms with Gasteiger partial charge in [-0.15, -0.1) is 0 Å². The highest BCUT2D eigenvalue weighted by molar-refractivity contribution is 9.08. The van der Waals surface area contributed by atoms with Crippen LogP contribution in [0.1, 0.15) is 191 Å². The molecule has 6 atom stereocenters. The Kier molecular flexibility index (Phi) is 35.6. The lowest BCUT2D eigenvalue weighted by molar-refractivity contribution is -0.144. The first-order valence-corrected chi connectivity index (χ1v) is 36.8. The fourth-order valence-corrected chi connectivity index (χ4v) is 12.3. The smallest absolute Gasteiger partial charge is 0.416 e. The summed E-state index contributed by atoms with van der Waals surface area (Å²) in [5, 5.41) is 7.40. The number of Topliss-reactive ketones (excluding diaryl/α,β-unsaturated/α-hetero) is 2. The quantitative estimate of drug-likeness (QED) is 0.0616. The molecule has 0 saturated carbocycles. The summed E-state index contributed by atoms with van der Waals surface area (Å²) in [5.41, 5.74) is 1.16. The third-order valence-electron chi connectivity index (χ3n) is 17.3. The lowest BCUT2D eigenvalue weighted by Gasteiger charge is -2.44. The van der Waals surface area contributed by atoms with Crippen LogP contribution in [0, 0.1) is 11.8 Å². The van der Waals surface area contributed by atoms with E-state index in [9.17, 15) is 76.7 Å². The third-order valence-corrected chi connectivity index (χ3v) is 17.9. The first kappa shape index (κ1) is 91.2. The van der Waals surface area contributed by atoms with Crippen LogP contribution in [-0.2, 0) is 79.8 Å². The maximum Gasteiger partial charge on any atom is 0.416 e. The van der Waals surface area contributed by atoms with Gasteiger partial charge in [-0.2, -0.15) is 52.7 Å². The molecule has 4 aliphatic rings. The second-order valence-electron chi connectivity index (χ2n) is 29.5. The van der Waals surface area contributed by atoms with E-state index in [0.29, 0.717) is 76.7 Å². The number of rotatable bonds is 12. The van der Waals surface area contributed by atoms with Gasteiger partial charge in [0.1, 0.15) is 28.4 Å². The number of nitrogens with zero attached hydrogens (tertiary/aromatic N) is 3. The molecule has 27 heteroatoms. The van der Waals surface area contributed by atoms with Gasteiger partial charge in [0.15, 0.2) is 0 Å². The van der Waals surface area contributed by atoms with Crippen molar-refractivity contribution < 1.29 is 90.9 Å². The Morgan fingerprint density at radius 1 is 0.500 bits per heavy atom. The number of nitrogens with one attached hydrogen (secondary N) is 2. The molecular weight excluding hydrogens is 1470 g/mol. The summed E-state index contributed by atoms with van der Waals surface area (Å²) in [4.78, 5) is 66.2. The van der Waals surface area contributed by atoms with E-state index in [1.165, 1.54) is 31.5 Å². The number of benzene rings is 5. The number of carbonyl (C=O) groups is 5. The number of likely N-dealkylation sites (tertiary alicyclic amines) is 3. The molecule has 106 heavy (non-hydrogen) atoms. The Morgan fingerprint density at radius 3 is 1.24 bits per heavy atom. The predicted molar refractivity (Wildman–Crippen MR) is 389 cm³/mol. The van der Waals surface area contributed by atoms with Crippen LogP contribution < -0.4 is 16.4 Å². The first-order valence-electron chi connectivity index (χ1n) is 35.7. The van der Waals surface area contributed by atoms with Gasteiger partial charge in [0.2, 0.25) is 0 Å². The van der Waals surface area contributed by atoms with Crippen molar-refractivity contribution in [3.63, 3.8) is 0 Å². The van der Waals surface area contributed by atoms with E-state index in [-0.39, 0.29) is 96.1 Å². The third kappa shape index (κ3) is 32.7. The van der Waals surface area contributed by atoms with E-state index >= 15 is 0 Å². The molecule has 4 N–H and O–H groups in total. The summed E-state index contributed by atoms with van der Waals surface area (Å²) in [6.07, 6.45) is -12.4. The van der Waals surface area contributed by atoms with Gasteiger partial charge in [-0.05, 0) is 197 Å². The van der Waals surface area contributed by atoms with Gasteiger partial charge in [-0.1, -0.05) is 128 Å². The number of amides is 3. The zero-order chi connectivity index (χ0) is 79.6. The number of hydrogen-bond donors (Lipinski definition) is 3. The van der Waals surface area contributed by atoms with Gasteiger partial charge in [0.05, 0.1) is 22.3 Å². The second kappa shape index (κ2) is 41.4. The van der Waals surface area contributed by atoms with Crippen molar-refractivity contribution in [1.29, 1.82) is 0 Å². The van der Waals surface area contributed by atoms with Crippen molar-refractivity contribution in [1.82, 2.24) is 25.3 Å². The van der Waals surface area contributed by atoms with Gasteiger partial charge in [0, 0.05) is 87.4 Å². The zero-order valence-electron chi connectivity index (χ0n) is 62.6. The van der Waals surface area contributed by atoms with Crippen LogP contribution in [0.5, 0.6) is 0 Å². The minimum atomic E-state index is -4.90. The van der Waals surface area contributed by atoms with Gasteiger partial charge in [-0.3, -0.25) is 9.59 Å². The van der Waals surface area contributed by atoms with Crippen molar-refractivity contribution in [2.75, 3.05) is 32.7 Å². The van der Waals surface area contributed by atoms with Gasteiger partial charge >= 0.3 is 43.0 Å². The molecule has 9 rings (SSSR count). The maximum atomic E-state index is 13.3. The number of hydrogen-bond acceptors (Lipinski definition) is 11. The molecule has 0 aliphatic carbocycles. The first-order chi connectivity index (χ1) is 49.3. The van der Waals surface area contributed by atoms with E-state index in [2.05, 4.69) is 38.7 Å². The molecule has 0 bridgehead atoms. The predicted octanol–water partition coefficient (Wildman–Crippen LogP) is 19.8. The number of nitrogens with two attached hydrogens (primary N) is 1. The molecule has 5 aromatic rings. The number of ketones is 2. The molecule has 4 fully saturated rings. The Balaban J connectivity index is 0.000000297. The summed E-state index contributed by atoms with van der Waals surface area (Å²) in [7, 11) is 0. The molecule has 0 aromatic heterocycles. The SMILES string of the molecule is BrCc1ccccc1.C1CCNC1.CCC1CC(=O)C(Cc2ccccc2)CN1C(=O)OC(C)(C)C.CCC1CC(=O)CCN1C(=O)OC(C)(C)C.CCC1CC(NCc2cc(C(F)(F)F)cc(C(F)(F)F)c2)C(Cc2ccccc2)CN1C(=O)OC(C)(C)C.NCc1cc(C(F)(F)F)cc(C(F)(F)F)c1. The van der Waals surface area contributed by atoms with Crippen LogP contribution in [0.25, 0.3) is 0 Å². The van der Waals surface area contributed by atoms with Crippen LogP contribution in [-0.4, -0.2) is 118 Å². The topological polar surface area (TPSA) is 173 Å². The van der Waals surface area contributed by atoms with Crippen LogP contribution >= 0.6 is 15.9 Å². The van der Waals surface area contributed by atoms with E-state index in [1.807, 2.05) is 141 Å². The van der Waals surface area contributed by atoms with Gasteiger partial charge < -0.3 is 45.3 Å². The van der Waals surface area contributed by atoms with Gasteiger partial charge in [0.25, 0.3) is 0 Å². The molecule has 6 unspecified atom stereocenters. The summed E-state index contributed by atoms with van der Waals surface area (Å²) in [6.45, 7) is 25.6. The largest absolute Gasteiger partial charge is 0.444 e. The molecular formula is C79H105BrF12N6O8. The average molecular weight is 1570 g/mol. The van der Waals surface area contributed by atoms with Gasteiger partial charge in [-0.25, -0.2) is 14.4 Å². The minimum Gasteiger partial charge on any atom is -0.444 e. The van der Waals surface area contributed by atoms with E-state index in [1.54, 1.807) is 35.5 Å². The molecule has 0 spiro atoms. The Labute approximate surface area is 624 Å². The van der Waals surface area contributed by atoms with E-state index < -0.39 is 69.9 Å². The number of piperidine rings is 3. The molecule has 0 radical (unpaired) electrons. The fraction of sp³-hybridized carbons (Fsp3) is 0.557. The Morgan fingerprint density at radius 2 is 0.877 bits per heavy atom. The highest BCUT2D eigenvalue weighted by atomic mass is 79.9. The highest BCUT2D eigenvalue weighted by Gasteiger charge is 2.43. The fourth-order valence-electron chi connectivity index (χ4n) is 12.0. The Bertz CT molecular complexity index is 3430. The average Bonchev–Trinajstić information content (AvgIpc) is 0.876. The summed E-state index contributed by atoms with van der Waals surface area (Å²) >= 11 is 3.36. The minimum absolute atomic E-state index is 0.0103. The lowest BCUT2D eigenvalue weighted by Crippen LogP contribution is -2.56. The molecule has 4 saturated heterocycles. The highest BCUT2D eigenvalue weighted by Crippen LogP contribution is 2.39. The standard InChI is InChI=1S/C28H34F6N2O2.C19H27NO3.C12H21NO3.C9H7F6N.C7H7Br.C4H9N/c1-5-23-15-24(35-16-19-12-21(27(29,30)31)14-22(13-19)28(32,33)34)20(11-18-9-7-6-8-10-18)17-36(23)25(37)38-26(2,3)4;1-5-16-12-17(21)15(11-14-9-7-6-8-10-14)13-20(16)18(22)23-19(2,3)4;1-5-9-8-10(14)6-7-13(9)11(15)16-12(2,3)4;10-8(11,12)6-1-5(4-16)2-7(3-6)9(13,14)15;8-6-7-4-2-1-3-5-7;1-2-4-5-3-1/h6-10,12-14,20,23-24,35H,5,11,15-17H2,1-4H3;6-10,15-16H,5,11-13H2,1-4H3;9H,5-8H2,1-4H3;1-3H,4,16H2;1-5H,6H2;5H,1-4H2. The maximum absolute atomic E-state index is 13.3. The van der Waals surface area contributed by atoms with Crippen LogP contribution in [0.2, 0.25) is 0 Å². The van der Waals surface area contributed by atoms with Crippen LogP contribution in [0.15, 0.2) is 127 Å². The summed E-state index contributed by atoms with van der Waals surface area (Å²) in [6, 6.07) is 32.2. The molecule has 590 valence electrons. The normalized spacial score (nSPS) is 19.4. The van der Waals surface area contributed by atoms with Crippen LogP contribution in [0.4, 0.5) is 67.1 Å². The summed E-state index contributed by atoms with van der Waals surface area (Å²) in [5.74, 6) is 0.209. The van der Waals surface area contributed by atoms with Crippen molar-refractivity contribution in [2.24, 2.45) is 17.6 Å². The van der Waals surface area contributed by atoms with Crippen molar-refractivity contribution in [3.05, 3.63) is 177 Å². The Hall–Kier alpha value is -7.23. The monoisotopic (exact) mass is 1570 g/mol. The number of carbonyl (C=O) groups excluding carboxylic acids is 5. The molecule has 14 nitrogen and oxygen atoms in total. The molecule has 5 aromatic carbocycles. The number of halogens is 13. The van der Waals surface area contributed by atoms with E-state index in [4.69, 9.17) is 19.9 Å². The molecule has 4 heterocycles. The van der Waals surface area contributed by atoms with E-state index in [0.717, 1.165) is 41.4 Å². The van der Waals surface area contributed by atoms with Crippen molar-refractivity contribution in [2.45, 2.75) is 238 Å². The second-order valence-corrected chi connectivity index (χ2v) is 30.0.